The van der Waals surface area contributed by atoms with Crippen LogP contribution in [0.1, 0.15) is 149 Å². The Morgan fingerprint density at radius 3 is 1.50 bits per heavy atom. The summed E-state index contributed by atoms with van der Waals surface area (Å²) in [4.78, 5) is 34.9. The second-order valence-electron chi connectivity index (χ2n) is 13.6. The number of aliphatic hydroxyl groups is 2. The zero-order chi connectivity index (χ0) is 41.2. The van der Waals surface area contributed by atoms with Gasteiger partial charge in [-0.25, -0.2) is 4.57 Å². The average molecular weight is 807 g/mol. The van der Waals surface area contributed by atoms with Gasteiger partial charge >= 0.3 is 19.8 Å². The number of ether oxygens (including phenoxy) is 2. The number of aliphatic hydroxyl groups excluding tert-OH is 2. The van der Waals surface area contributed by atoms with Gasteiger partial charge in [0.1, 0.15) is 12.7 Å². The molecule has 320 valence electrons. The molecule has 0 bridgehead atoms. The maximum atomic E-state index is 12.6. The van der Waals surface area contributed by atoms with Gasteiger partial charge in [-0.05, 0) is 83.5 Å². The molecule has 0 radical (unpaired) electrons. The van der Waals surface area contributed by atoms with Crippen LogP contribution in [0.5, 0.6) is 0 Å². The van der Waals surface area contributed by atoms with Crippen LogP contribution in [0.3, 0.4) is 0 Å². The Bertz CT molecular complexity index is 1200. The molecule has 0 aliphatic heterocycles. The minimum Gasteiger partial charge on any atom is -0.462 e. The fourth-order valence-corrected chi connectivity index (χ4v) is 5.82. The lowest BCUT2D eigenvalue weighted by Crippen LogP contribution is -2.29. The summed E-state index contributed by atoms with van der Waals surface area (Å²) in [5.41, 5.74) is 0. The number of hydrogen-bond acceptors (Lipinski definition) is 9. The second kappa shape index (κ2) is 40.4. The number of phosphoric ester groups is 1. The lowest BCUT2D eigenvalue weighted by Gasteiger charge is -2.20. The molecule has 3 N–H and O–H groups in total. The molecule has 3 unspecified atom stereocenters. The van der Waals surface area contributed by atoms with Gasteiger partial charge in [0.25, 0.3) is 0 Å². The summed E-state index contributed by atoms with van der Waals surface area (Å²) in [6, 6.07) is 0. The van der Waals surface area contributed by atoms with E-state index in [-0.39, 0.29) is 19.4 Å². The van der Waals surface area contributed by atoms with Crippen LogP contribution in [0, 0.1) is 0 Å². The Hall–Kier alpha value is -2.85. The first kappa shape index (κ1) is 53.1. The summed E-state index contributed by atoms with van der Waals surface area (Å²) < 4.78 is 32.6. The first-order valence-electron chi connectivity index (χ1n) is 21.0. The highest BCUT2D eigenvalue weighted by Gasteiger charge is 2.27. The summed E-state index contributed by atoms with van der Waals surface area (Å²) >= 11 is 0. The molecule has 0 aliphatic rings. The number of hydrogen-bond donors (Lipinski definition) is 3. The predicted octanol–water partition coefficient (Wildman–Crippen LogP) is 11.1. The first-order valence-corrected chi connectivity index (χ1v) is 22.5. The van der Waals surface area contributed by atoms with Gasteiger partial charge < -0.3 is 24.6 Å². The van der Waals surface area contributed by atoms with Crippen molar-refractivity contribution >= 4 is 19.8 Å². The van der Waals surface area contributed by atoms with Crippen molar-refractivity contribution < 1.29 is 47.8 Å². The van der Waals surface area contributed by atoms with Gasteiger partial charge in [-0.2, -0.15) is 0 Å². The molecular formula is C45H75O10P. The molecule has 11 heteroatoms. The maximum Gasteiger partial charge on any atom is 0.472 e. The molecule has 0 fully saturated rings. The highest BCUT2D eigenvalue weighted by molar-refractivity contribution is 7.47. The normalized spacial score (nSPS) is 14.7. The largest absolute Gasteiger partial charge is 0.472 e. The van der Waals surface area contributed by atoms with Crippen molar-refractivity contribution in [2.24, 2.45) is 0 Å². The van der Waals surface area contributed by atoms with Crippen LogP contribution >= 0.6 is 7.82 Å². The Balaban J connectivity index is 4.42. The summed E-state index contributed by atoms with van der Waals surface area (Å²) in [5, 5.41) is 18.3. The van der Waals surface area contributed by atoms with Crippen molar-refractivity contribution in [3.8, 4) is 0 Å². The van der Waals surface area contributed by atoms with Gasteiger partial charge in [0.2, 0.25) is 0 Å². The lowest BCUT2D eigenvalue weighted by molar-refractivity contribution is -0.161. The molecule has 0 spiro atoms. The van der Waals surface area contributed by atoms with E-state index in [1.54, 1.807) is 0 Å². The van der Waals surface area contributed by atoms with Crippen LogP contribution in [0.4, 0.5) is 0 Å². The van der Waals surface area contributed by atoms with Gasteiger partial charge in [0.15, 0.2) is 6.10 Å². The number of carbonyl (C=O) groups is 2. The van der Waals surface area contributed by atoms with Crippen LogP contribution in [0.2, 0.25) is 0 Å². The van der Waals surface area contributed by atoms with Crippen LogP contribution in [0.15, 0.2) is 85.1 Å². The number of esters is 2. The standard InChI is InChI=1S/C45H75O10P/c1-3-5-7-9-11-13-15-17-19-20-21-22-23-25-27-29-31-33-35-37-45(49)55-43(41-54-56(50,51)53-39-42(47)38-46)40-52-44(48)36-34-32-30-28-26-24-18-16-14-12-10-8-6-4-2/h5,7,10-13,16-19,21-22,25,27,42-43,46-47H,3-4,6,8-9,14-15,20,23-24,26,28-41H2,1-2H3,(H,50,51)/b7-5-,12-10-,13-11-,18-16-,19-17-,22-21-,27-25-. The Morgan fingerprint density at radius 2 is 0.982 bits per heavy atom. The smallest absolute Gasteiger partial charge is 0.462 e. The fraction of sp³-hybridized carbons (Fsp3) is 0.644. The summed E-state index contributed by atoms with van der Waals surface area (Å²) in [6.45, 7) is 2.14. The molecule has 3 atom stereocenters. The van der Waals surface area contributed by atoms with Crippen molar-refractivity contribution in [3.63, 3.8) is 0 Å². The van der Waals surface area contributed by atoms with Gasteiger partial charge in [-0.3, -0.25) is 18.6 Å². The summed E-state index contributed by atoms with van der Waals surface area (Å²) in [5.74, 6) is -0.988. The van der Waals surface area contributed by atoms with Crippen LogP contribution in [-0.2, 0) is 32.7 Å². The Labute approximate surface area is 339 Å². The molecule has 56 heavy (non-hydrogen) atoms. The zero-order valence-corrected chi connectivity index (χ0v) is 35.5. The summed E-state index contributed by atoms with van der Waals surface area (Å²) in [6.07, 6.45) is 46.9. The fourth-order valence-electron chi connectivity index (χ4n) is 5.03. The zero-order valence-electron chi connectivity index (χ0n) is 34.6. The molecule has 0 saturated heterocycles. The molecule has 0 aromatic rings. The van der Waals surface area contributed by atoms with Crippen LogP contribution in [-0.4, -0.2) is 65.7 Å². The minimum atomic E-state index is -4.63. The van der Waals surface area contributed by atoms with Crippen molar-refractivity contribution in [1.29, 1.82) is 0 Å². The lowest BCUT2D eigenvalue weighted by atomic mass is 10.1. The van der Waals surface area contributed by atoms with E-state index in [9.17, 15) is 24.2 Å². The van der Waals surface area contributed by atoms with Crippen molar-refractivity contribution in [1.82, 2.24) is 0 Å². The quantitative estimate of drug-likeness (QED) is 0.0238. The molecule has 0 rings (SSSR count). The van der Waals surface area contributed by atoms with E-state index in [2.05, 4.69) is 103 Å². The third-order valence-electron chi connectivity index (χ3n) is 8.28. The average Bonchev–Trinajstić information content (AvgIpc) is 3.19. The van der Waals surface area contributed by atoms with Crippen molar-refractivity contribution in [2.75, 3.05) is 26.4 Å². The van der Waals surface area contributed by atoms with E-state index in [4.69, 9.17) is 19.1 Å². The van der Waals surface area contributed by atoms with Crippen molar-refractivity contribution in [2.45, 2.75) is 161 Å². The second-order valence-corrected chi connectivity index (χ2v) is 15.1. The topological polar surface area (TPSA) is 149 Å². The van der Waals surface area contributed by atoms with Crippen LogP contribution < -0.4 is 0 Å². The van der Waals surface area contributed by atoms with E-state index in [1.807, 2.05) is 0 Å². The number of phosphoric acid groups is 1. The number of carbonyl (C=O) groups excluding carboxylic acids is 2. The van der Waals surface area contributed by atoms with Crippen molar-refractivity contribution in [3.05, 3.63) is 85.1 Å². The molecule has 0 saturated carbocycles. The molecule has 0 heterocycles. The van der Waals surface area contributed by atoms with E-state index in [1.165, 1.54) is 12.8 Å². The van der Waals surface area contributed by atoms with Gasteiger partial charge in [-0.1, -0.05) is 137 Å². The molecule has 0 amide bonds. The van der Waals surface area contributed by atoms with E-state index in [0.717, 1.165) is 96.3 Å². The van der Waals surface area contributed by atoms with E-state index < -0.39 is 51.8 Å². The van der Waals surface area contributed by atoms with E-state index >= 15 is 0 Å². The Morgan fingerprint density at radius 1 is 0.554 bits per heavy atom. The molecule has 10 nitrogen and oxygen atoms in total. The Kier molecular flexibility index (Phi) is 38.3. The number of unbranched alkanes of at least 4 members (excludes halogenated alkanes) is 10. The van der Waals surface area contributed by atoms with Gasteiger partial charge in [0.05, 0.1) is 19.8 Å². The highest BCUT2D eigenvalue weighted by atomic mass is 31.2. The molecule has 0 aromatic heterocycles. The maximum absolute atomic E-state index is 12.6. The first-order chi connectivity index (χ1) is 27.2. The number of rotatable bonds is 38. The third kappa shape index (κ3) is 39.4. The van der Waals surface area contributed by atoms with Gasteiger partial charge in [-0.15, -0.1) is 0 Å². The highest BCUT2D eigenvalue weighted by Crippen LogP contribution is 2.43. The monoisotopic (exact) mass is 807 g/mol. The molecular weight excluding hydrogens is 731 g/mol. The molecule has 0 aromatic carbocycles. The predicted molar refractivity (Wildman–Crippen MR) is 228 cm³/mol. The minimum absolute atomic E-state index is 0.137. The summed E-state index contributed by atoms with van der Waals surface area (Å²) in [7, 11) is -4.63. The molecule has 0 aliphatic carbocycles. The number of allylic oxidation sites excluding steroid dienone is 14. The SMILES string of the molecule is CC/C=C\C/C=C\C/C=C\C/C=C\C/C=C\CCCCCC(=O)OC(COC(=O)CCCCCCC/C=C\C/C=C\CCCC)COP(=O)(O)OCC(O)CO. The van der Waals surface area contributed by atoms with Gasteiger partial charge in [0, 0.05) is 12.8 Å². The van der Waals surface area contributed by atoms with Crippen LogP contribution in [0.25, 0.3) is 0 Å². The van der Waals surface area contributed by atoms with E-state index in [0.29, 0.717) is 12.8 Å². The third-order valence-corrected chi connectivity index (χ3v) is 9.23.